The molecule has 0 saturated heterocycles. The van der Waals surface area contributed by atoms with Crippen molar-refractivity contribution in [3.05, 3.63) is 0 Å². The van der Waals surface area contributed by atoms with Gasteiger partial charge in [0.25, 0.3) is 0 Å². The van der Waals surface area contributed by atoms with Crippen LogP contribution in [0.2, 0.25) is 0 Å². The maximum absolute atomic E-state index is 10.8. The molecule has 0 spiro atoms. The highest BCUT2D eigenvalue weighted by Crippen LogP contribution is 2.12. The smallest absolute Gasteiger partial charge is 0.147 e. The standard InChI is InChI=1S/C9H21NO2S/c1-8(7-9(2)10)5-4-6-13(3,11)12/h8-9H,4-7,10H2,1-3H3. The second-order valence-corrected chi connectivity index (χ2v) is 6.35. The van der Waals surface area contributed by atoms with Crippen molar-refractivity contribution < 1.29 is 8.42 Å². The van der Waals surface area contributed by atoms with Gasteiger partial charge in [-0.25, -0.2) is 8.42 Å². The van der Waals surface area contributed by atoms with E-state index in [-0.39, 0.29) is 6.04 Å². The summed E-state index contributed by atoms with van der Waals surface area (Å²) in [6, 6.07) is 0.216. The average Bonchev–Trinajstić information content (AvgIpc) is 1.81. The zero-order valence-electron chi connectivity index (χ0n) is 8.79. The Bertz CT molecular complexity index is 222. The highest BCUT2D eigenvalue weighted by molar-refractivity contribution is 7.90. The first-order valence-corrected chi connectivity index (χ1v) is 6.80. The number of nitrogens with two attached hydrogens (primary N) is 1. The van der Waals surface area contributed by atoms with E-state index in [1.807, 2.05) is 6.92 Å². The molecule has 2 unspecified atom stereocenters. The van der Waals surface area contributed by atoms with Crippen LogP contribution in [0.15, 0.2) is 0 Å². The Balaban J connectivity index is 3.54. The molecule has 4 heteroatoms. The van der Waals surface area contributed by atoms with Gasteiger partial charge >= 0.3 is 0 Å². The molecular formula is C9H21NO2S. The summed E-state index contributed by atoms with van der Waals surface area (Å²) in [4.78, 5) is 0. The van der Waals surface area contributed by atoms with E-state index in [0.29, 0.717) is 11.7 Å². The highest BCUT2D eigenvalue weighted by Gasteiger charge is 2.07. The van der Waals surface area contributed by atoms with Crippen LogP contribution in [0.25, 0.3) is 0 Å². The van der Waals surface area contributed by atoms with Crippen LogP contribution in [0.1, 0.15) is 33.1 Å². The summed E-state index contributed by atoms with van der Waals surface area (Å²) >= 11 is 0. The fraction of sp³-hybridized carbons (Fsp3) is 1.00. The normalized spacial score (nSPS) is 16.9. The maximum Gasteiger partial charge on any atom is 0.147 e. The van der Waals surface area contributed by atoms with Gasteiger partial charge in [0, 0.05) is 18.1 Å². The molecule has 0 aliphatic rings. The lowest BCUT2D eigenvalue weighted by Gasteiger charge is -2.12. The molecule has 0 saturated carbocycles. The molecule has 0 aromatic heterocycles. The Hall–Kier alpha value is -0.0900. The maximum atomic E-state index is 10.8. The molecule has 0 amide bonds. The van der Waals surface area contributed by atoms with E-state index in [2.05, 4.69) is 6.92 Å². The first-order valence-electron chi connectivity index (χ1n) is 4.74. The van der Waals surface area contributed by atoms with Crippen LogP contribution < -0.4 is 5.73 Å². The SMILES string of the molecule is CC(N)CC(C)CCCS(C)(=O)=O. The predicted octanol–water partition coefficient (Wildman–Crippen LogP) is 1.18. The molecule has 0 aromatic carbocycles. The minimum atomic E-state index is -2.78. The summed E-state index contributed by atoms with van der Waals surface area (Å²) in [5, 5.41) is 0. The number of sulfone groups is 1. The van der Waals surface area contributed by atoms with Gasteiger partial charge in [-0.2, -0.15) is 0 Å². The van der Waals surface area contributed by atoms with Gasteiger partial charge in [-0.1, -0.05) is 6.92 Å². The van der Waals surface area contributed by atoms with Crippen LogP contribution in [0.4, 0.5) is 0 Å². The van der Waals surface area contributed by atoms with Crippen LogP contribution in [-0.4, -0.2) is 26.5 Å². The van der Waals surface area contributed by atoms with Gasteiger partial charge in [0.05, 0.1) is 0 Å². The Morgan fingerprint density at radius 2 is 1.85 bits per heavy atom. The van der Waals surface area contributed by atoms with E-state index in [1.54, 1.807) is 0 Å². The Morgan fingerprint density at radius 1 is 1.31 bits per heavy atom. The predicted molar refractivity (Wildman–Crippen MR) is 56.4 cm³/mol. The molecule has 2 atom stereocenters. The minimum absolute atomic E-state index is 0.216. The van der Waals surface area contributed by atoms with E-state index >= 15 is 0 Å². The molecule has 0 radical (unpaired) electrons. The minimum Gasteiger partial charge on any atom is -0.328 e. The Labute approximate surface area is 81.6 Å². The molecule has 0 aromatic rings. The molecule has 13 heavy (non-hydrogen) atoms. The van der Waals surface area contributed by atoms with Crippen molar-refractivity contribution in [1.82, 2.24) is 0 Å². The second-order valence-electron chi connectivity index (χ2n) is 4.09. The van der Waals surface area contributed by atoms with Crippen LogP contribution in [-0.2, 0) is 9.84 Å². The summed E-state index contributed by atoms with van der Waals surface area (Å²) in [5.74, 6) is 0.831. The monoisotopic (exact) mass is 207 g/mol. The zero-order valence-corrected chi connectivity index (χ0v) is 9.60. The van der Waals surface area contributed by atoms with Crippen molar-refractivity contribution in [1.29, 1.82) is 0 Å². The van der Waals surface area contributed by atoms with Crippen molar-refractivity contribution in [2.45, 2.75) is 39.2 Å². The Kier molecular flexibility index (Phi) is 5.56. The molecule has 80 valence electrons. The lowest BCUT2D eigenvalue weighted by atomic mass is 9.99. The van der Waals surface area contributed by atoms with Gasteiger partial charge in [-0.15, -0.1) is 0 Å². The van der Waals surface area contributed by atoms with Crippen LogP contribution in [0.5, 0.6) is 0 Å². The van der Waals surface area contributed by atoms with Crippen molar-refractivity contribution >= 4 is 9.84 Å². The van der Waals surface area contributed by atoms with E-state index < -0.39 is 9.84 Å². The second kappa shape index (κ2) is 5.60. The molecule has 0 aliphatic carbocycles. The van der Waals surface area contributed by atoms with E-state index in [4.69, 9.17) is 5.73 Å². The Morgan fingerprint density at radius 3 is 2.23 bits per heavy atom. The third kappa shape index (κ3) is 9.83. The fourth-order valence-corrected chi connectivity index (χ4v) is 2.14. The first-order chi connectivity index (χ1) is 5.81. The molecule has 0 fully saturated rings. The molecule has 3 nitrogen and oxygen atoms in total. The van der Waals surface area contributed by atoms with E-state index in [0.717, 1.165) is 19.3 Å². The van der Waals surface area contributed by atoms with Crippen LogP contribution in [0.3, 0.4) is 0 Å². The molecule has 2 N–H and O–H groups in total. The third-order valence-electron chi connectivity index (χ3n) is 1.99. The summed E-state index contributed by atoms with van der Waals surface area (Å²) in [7, 11) is -2.78. The molecule has 0 heterocycles. The number of hydrogen-bond donors (Lipinski definition) is 1. The summed E-state index contributed by atoms with van der Waals surface area (Å²) in [6.45, 7) is 4.10. The van der Waals surface area contributed by atoms with Crippen molar-refractivity contribution in [3.63, 3.8) is 0 Å². The highest BCUT2D eigenvalue weighted by atomic mass is 32.2. The van der Waals surface area contributed by atoms with Gasteiger partial charge in [0.2, 0.25) is 0 Å². The van der Waals surface area contributed by atoms with Gasteiger partial charge in [-0.05, 0) is 32.1 Å². The van der Waals surface area contributed by atoms with E-state index in [9.17, 15) is 8.42 Å². The van der Waals surface area contributed by atoms with Crippen molar-refractivity contribution in [3.8, 4) is 0 Å². The molecular weight excluding hydrogens is 186 g/mol. The first kappa shape index (κ1) is 12.9. The van der Waals surface area contributed by atoms with Crippen molar-refractivity contribution in [2.24, 2.45) is 11.7 Å². The van der Waals surface area contributed by atoms with Crippen molar-refractivity contribution in [2.75, 3.05) is 12.0 Å². The lowest BCUT2D eigenvalue weighted by Crippen LogP contribution is -2.18. The largest absolute Gasteiger partial charge is 0.328 e. The topological polar surface area (TPSA) is 60.2 Å². The van der Waals surface area contributed by atoms with E-state index in [1.165, 1.54) is 6.26 Å². The summed E-state index contributed by atoms with van der Waals surface area (Å²) < 4.78 is 21.6. The average molecular weight is 207 g/mol. The number of hydrogen-bond acceptors (Lipinski definition) is 3. The lowest BCUT2D eigenvalue weighted by molar-refractivity contribution is 0.447. The van der Waals surface area contributed by atoms with Crippen LogP contribution >= 0.6 is 0 Å². The summed E-state index contributed by atoms with van der Waals surface area (Å²) in [6.07, 6.45) is 3.97. The van der Waals surface area contributed by atoms with Gasteiger partial charge in [0.1, 0.15) is 9.84 Å². The number of rotatable bonds is 6. The van der Waals surface area contributed by atoms with Gasteiger partial charge in [0.15, 0.2) is 0 Å². The van der Waals surface area contributed by atoms with Crippen LogP contribution in [0, 0.1) is 5.92 Å². The molecule has 0 aliphatic heterocycles. The van der Waals surface area contributed by atoms with Gasteiger partial charge in [-0.3, -0.25) is 0 Å². The molecule has 0 rings (SSSR count). The third-order valence-corrected chi connectivity index (χ3v) is 3.02. The quantitative estimate of drug-likeness (QED) is 0.711. The van der Waals surface area contributed by atoms with Gasteiger partial charge < -0.3 is 5.73 Å². The molecule has 0 bridgehead atoms. The zero-order chi connectivity index (χ0) is 10.5. The summed E-state index contributed by atoms with van der Waals surface area (Å²) in [5.41, 5.74) is 5.63. The fourth-order valence-electron chi connectivity index (χ4n) is 1.45.